The van der Waals surface area contributed by atoms with E-state index < -0.39 is 10.1 Å². The van der Waals surface area contributed by atoms with Crippen LogP contribution in [0.1, 0.15) is 24.6 Å². The highest BCUT2D eigenvalue weighted by atomic mass is 35.5. The predicted octanol–water partition coefficient (Wildman–Crippen LogP) is 5.30. The van der Waals surface area contributed by atoms with Crippen LogP contribution in [-0.4, -0.2) is 25.3 Å². The van der Waals surface area contributed by atoms with Gasteiger partial charge in [-0.05, 0) is 44.2 Å². The number of benzene rings is 2. The average molecular weight is 476 g/mol. The third-order valence-corrected chi connectivity index (χ3v) is 7.44. The van der Waals surface area contributed by atoms with Gasteiger partial charge >= 0.3 is 0 Å². The van der Waals surface area contributed by atoms with Crippen LogP contribution < -0.4 is 9.47 Å². The van der Waals surface area contributed by atoms with Gasteiger partial charge in [0.25, 0.3) is 10.1 Å². The molecule has 8 heteroatoms. The number of anilines is 1. The van der Waals surface area contributed by atoms with Gasteiger partial charge in [-0.1, -0.05) is 35.0 Å². The van der Waals surface area contributed by atoms with Crippen LogP contribution in [-0.2, 0) is 16.7 Å². The summed E-state index contributed by atoms with van der Waals surface area (Å²) in [7, 11) is -4.00. The fourth-order valence-corrected chi connectivity index (χ4v) is 5.69. The lowest BCUT2D eigenvalue weighted by Crippen LogP contribution is -2.39. The zero-order chi connectivity index (χ0) is 22.2. The van der Waals surface area contributed by atoms with E-state index in [4.69, 9.17) is 16.2 Å². The number of fused-ring (bicyclic) bond motifs is 2. The smallest absolute Gasteiger partial charge is 0.265 e. The molecule has 1 aromatic heterocycles. The molecule has 0 saturated carbocycles. The van der Waals surface area contributed by atoms with Crippen molar-refractivity contribution < 1.29 is 17.5 Å². The van der Waals surface area contributed by atoms with Crippen LogP contribution in [0.25, 0.3) is 17.0 Å². The molecule has 31 heavy (non-hydrogen) atoms. The summed E-state index contributed by atoms with van der Waals surface area (Å²) >= 11 is 7.92. The van der Waals surface area contributed by atoms with Crippen LogP contribution in [0.4, 0.5) is 5.69 Å². The maximum atomic E-state index is 11.2. The quantitative estimate of drug-likeness (QED) is 0.387. The molecule has 4 rings (SSSR count). The van der Waals surface area contributed by atoms with E-state index in [2.05, 4.69) is 59.7 Å². The molecule has 1 N–H and O–H groups in total. The van der Waals surface area contributed by atoms with E-state index in [9.17, 15) is 8.42 Å². The van der Waals surface area contributed by atoms with Crippen molar-refractivity contribution in [2.75, 3.05) is 17.2 Å². The number of hydrogen-bond donors (Lipinski definition) is 1. The van der Waals surface area contributed by atoms with Gasteiger partial charge in [0.15, 0.2) is 6.54 Å². The van der Waals surface area contributed by atoms with E-state index >= 15 is 0 Å². The van der Waals surface area contributed by atoms with Crippen molar-refractivity contribution in [1.29, 1.82) is 0 Å². The minimum absolute atomic E-state index is 0.266. The highest BCUT2D eigenvalue weighted by Gasteiger charge is 2.26. The summed E-state index contributed by atoms with van der Waals surface area (Å²) in [6, 6.07) is 16.3. The largest absolute Gasteiger partial charge is 0.335 e. The molecule has 0 atom stereocenters. The van der Waals surface area contributed by atoms with Gasteiger partial charge in [0.05, 0.1) is 16.5 Å². The van der Waals surface area contributed by atoms with Crippen molar-refractivity contribution in [2.24, 2.45) is 0 Å². The number of aromatic nitrogens is 1. The molecule has 2 heterocycles. The van der Waals surface area contributed by atoms with E-state index in [1.54, 1.807) is 11.8 Å². The van der Waals surface area contributed by atoms with Gasteiger partial charge in [-0.25, -0.2) is 0 Å². The van der Waals surface area contributed by atoms with Crippen LogP contribution in [0, 0.1) is 6.92 Å². The highest BCUT2D eigenvalue weighted by molar-refractivity contribution is 8.03. The van der Waals surface area contributed by atoms with Gasteiger partial charge in [-0.15, -0.1) is 0 Å². The predicted molar refractivity (Wildman–Crippen MR) is 128 cm³/mol. The normalized spacial score (nSPS) is 15.1. The number of nitrogens with zero attached hydrogens (tertiary/aromatic N) is 2. The first-order chi connectivity index (χ1) is 14.7. The Kier molecular flexibility index (Phi) is 6.30. The Morgan fingerprint density at radius 1 is 1.16 bits per heavy atom. The number of halogens is 1. The molecule has 0 bridgehead atoms. The lowest BCUT2D eigenvalue weighted by molar-refractivity contribution is -0.673. The molecule has 0 unspecified atom stereocenters. The lowest BCUT2D eigenvalue weighted by atomic mass is 10.1. The van der Waals surface area contributed by atoms with Crippen LogP contribution in [0.2, 0.25) is 5.02 Å². The Morgan fingerprint density at radius 3 is 2.71 bits per heavy atom. The Balaban J connectivity index is 1.77. The molecule has 0 fully saturated rings. The first-order valence-corrected chi connectivity index (χ1v) is 12.9. The van der Waals surface area contributed by atoms with E-state index in [1.807, 2.05) is 18.2 Å². The molecule has 1 aliphatic rings. The number of thioether (sulfide) groups is 1. The number of hydrogen-bond acceptors (Lipinski definition) is 4. The Labute approximate surface area is 192 Å². The summed E-state index contributed by atoms with van der Waals surface area (Å²) in [5.41, 5.74) is 4.27. The molecular weight excluding hydrogens is 452 g/mol. The van der Waals surface area contributed by atoms with Crippen molar-refractivity contribution in [3.05, 3.63) is 69.8 Å². The summed E-state index contributed by atoms with van der Waals surface area (Å²) in [4.78, 5) is 3.39. The molecule has 5 nitrogen and oxygen atoms in total. The number of pyridine rings is 1. The first-order valence-electron chi connectivity index (χ1n) is 10.1. The van der Waals surface area contributed by atoms with Crippen molar-refractivity contribution in [3.63, 3.8) is 0 Å². The lowest BCUT2D eigenvalue weighted by Gasteiger charge is -2.18. The van der Waals surface area contributed by atoms with Gasteiger partial charge in [0, 0.05) is 46.5 Å². The second-order valence-corrected chi connectivity index (χ2v) is 10.6. The first kappa shape index (κ1) is 22.1. The molecule has 0 saturated heterocycles. The molecule has 0 spiro atoms. The second-order valence-electron chi connectivity index (χ2n) is 7.55. The number of rotatable bonds is 6. The maximum Gasteiger partial charge on any atom is 0.265 e. The topological polar surface area (TPSA) is 61.5 Å². The highest BCUT2D eigenvalue weighted by Crippen LogP contribution is 2.47. The minimum Gasteiger partial charge on any atom is -0.335 e. The summed E-state index contributed by atoms with van der Waals surface area (Å²) in [5, 5.41) is 2.89. The fraction of sp³-hybridized carbons (Fsp3) is 0.261. The second kappa shape index (κ2) is 8.82. The Morgan fingerprint density at radius 2 is 1.97 bits per heavy atom. The summed E-state index contributed by atoms with van der Waals surface area (Å²) in [6.07, 6.45) is 2.46. The summed E-state index contributed by atoms with van der Waals surface area (Å²) < 4.78 is 33.8. The third kappa shape index (κ3) is 4.90. The number of aryl methyl sites for hydroxylation is 2. The van der Waals surface area contributed by atoms with Crippen LogP contribution >= 0.6 is 23.4 Å². The zero-order valence-corrected chi connectivity index (χ0v) is 19.8. The van der Waals surface area contributed by atoms with Gasteiger partial charge in [0.2, 0.25) is 11.2 Å². The molecule has 162 valence electrons. The van der Waals surface area contributed by atoms with Crippen LogP contribution in [0.3, 0.4) is 0 Å². The third-order valence-electron chi connectivity index (χ3n) is 5.28. The molecule has 3 aromatic rings. The van der Waals surface area contributed by atoms with Gasteiger partial charge < -0.3 is 4.90 Å². The maximum absolute atomic E-state index is 11.2. The van der Waals surface area contributed by atoms with Gasteiger partial charge in [-0.3, -0.25) is 4.55 Å². The van der Waals surface area contributed by atoms with Crippen molar-refractivity contribution in [3.8, 4) is 0 Å². The fourth-order valence-electron chi connectivity index (χ4n) is 3.87. The minimum atomic E-state index is -4.00. The molecule has 0 aliphatic carbocycles. The van der Waals surface area contributed by atoms with Crippen LogP contribution in [0.15, 0.2) is 58.5 Å². The molecule has 0 amide bonds. The summed E-state index contributed by atoms with van der Waals surface area (Å²) in [5.74, 6) is -0.266. The molecular formula is C23H24ClN2O3S2+. The van der Waals surface area contributed by atoms with Crippen molar-refractivity contribution >= 4 is 56.1 Å². The Hall–Kier alpha value is -2.06. The van der Waals surface area contributed by atoms with E-state index in [1.165, 1.54) is 5.56 Å². The zero-order valence-electron chi connectivity index (χ0n) is 17.4. The van der Waals surface area contributed by atoms with Crippen molar-refractivity contribution in [1.82, 2.24) is 0 Å². The monoisotopic (exact) mass is 475 g/mol. The van der Waals surface area contributed by atoms with Gasteiger partial charge in [-0.2, -0.15) is 13.0 Å². The van der Waals surface area contributed by atoms with Crippen LogP contribution in [0.5, 0.6) is 0 Å². The van der Waals surface area contributed by atoms with E-state index in [0.717, 1.165) is 38.8 Å². The van der Waals surface area contributed by atoms with Crippen molar-refractivity contribution in [2.45, 2.75) is 31.7 Å². The molecule has 0 radical (unpaired) electrons. The average Bonchev–Trinajstić information content (AvgIpc) is 3.04. The van der Waals surface area contributed by atoms with Gasteiger partial charge in [0.1, 0.15) is 0 Å². The molecule has 1 aliphatic heterocycles. The van der Waals surface area contributed by atoms with E-state index in [0.29, 0.717) is 18.0 Å². The van der Waals surface area contributed by atoms with E-state index in [-0.39, 0.29) is 5.75 Å². The Bertz CT molecular complexity index is 1290. The molecule has 2 aromatic carbocycles. The SMILES string of the molecule is CCN1/C(=C/c2ccc3cc(C)ccc3[n+]2CCCS(=O)(=O)O)Sc2ccc(Cl)cc21. The summed E-state index contributed by atoms with van der Waals surface area (Å²) in [6.45, 7) is 5.44. The standard InChI is InChI=1S/C23H23ClN2O3S2/c1-3-25-21-14-18(24)7-10-22(21)30-23(25)15-19-8-6-17-13-16(2)5-9-20(17)26(19)11-4-12-31(27,28)29/h5-10,13-15H,3-4,11-12H2,1-2H3/p+1.